The molecule has 1 unspecified atom stereocenters. The van der Waals surface area contributed by atoms with E-state index in [1.807, 2.05) is 24.3 Å². The van der Waals surface area contributed by atoms with E-state index in [1.54, 1.807) is 11.8 Å². The fourth-order valence-electron chi connectivity index (χ4n) is 2.01. The lowest BCUT2D eigenvalue weighted by Crippen LogP contribution is -2.13. The largest absolute Gasteiger partial charge is 0.392 e. The summed E-state index contributed by atoms with van der Waals surface area (Å²) >= 11 is 7.58. The molecule has 0 amide bonds. The van der Waals surface area contributed by atoms with Crippen molar-refractivity contribution >= 4 is 23.4 Å². The maximum atomic E-state index is 10.1. The van der Waals surface area contributed by atoms with Gasteiger partial charge in [-0.2, -0.15) is 0 Å². The number of benzene rings is 2. The summed E-state index contributed by atoms with van der Waals surface area (Å²) in [5.74, 6) is 0.674. The summed E-state index contributed by atoms with van der Waals surface area (Å²) < 4.78 is 0. The number of hydrogen-bond donors (Lipinski definition) is 1. The molecule has 0 aromatic heterocycles. The van der Waals surface area contributed by atoms with Gasteiger partial charge in [-0.3, -0.25) is 0 Å². The molecule has 2 rings (SSSR count). The van der Waals surface area contributed by atoms with Crippen LogP contribution in [0.2, 0.25) is 5.02 Å². The van der Waals surface area contributed by atoms with Gasteiger partial charge < -0.3 is 5.11 Å². The maximum Gasteiger partial charge on any atom is 0.0674 e. The van der Waals surface area contributed by atoms with Gasteiger partial charge in [-0.15, -0.1) is 11.8 Å². The quantitative estimate of drug-likeness (QED) is 0.811. The van der Waals surface area contributed by atoms with Gasteiger partial charge in [0, 0.05) is 15.7 Å². The van der Waals surface area contributed by atoms with E-state index in [9.17, 15) is 5.11 Å². The van der Waals surface area contributed by atoms with E-state index in [1.165, 1.54) is 16.7 Å². The Bertz CT molecular complexity index is 583. The van der Waals surface area contributed by atoms with Gasteiger partial charge in [0.1, 0.15) is 0 Å². The first-order valence-corrected chi connectivity index (χ1v) is 8.03. The van der Waals surface area contributed by atoms with E-state index in [-0.39, 0.29) is 6.10 Å². The lowest BCUT2D eigenvalue weighted by Gasteiger charge is -2.12. The molecule has 1 N–H and O–H groups in total. The lowest BCUT2D eigenvalue weighted by molar-refractivity contribution is 0.200. The third-order valence-electron chi connectivity index (χ3n) is 3.28. The molecular weight excluding hydrogens is 288 g/mol. The van der Waals surface area contributed by atoms with Gasteiger partial charge >= 0.3 is 0 Å². The van der Waals surface area contributed by atoms with Gasteiger partial charge in [-0.1, -0.05) is 35.9 Å². The van der Waals surface area contributed by atoms with E-state index in [4.69, 9.17) is 11.6 Å². The highest BCUT2D eigenvalue weighted by Gasteiger charge is 2.07. The van der Waals surface area contributed by atoms with Gasteiger partial charge in [0.2, 0.25) is 0 Å². The zero-order chi connectivity index (χ0) is 14.5. The van der Waals surface area contributed by atoms with Crippen LogP contribution in [0.5, 0.6) is 0 Å². The monoisotopic (exact) mass is 306 g/mol. The van der Waals surface area contributed by atoms with Crippen molar-refractivity contribution in [1.29, 1.82) is 0 Å². The molecule has 0 aliphatic heterocycles. The standard InChI is InChI=1S/C17H19ClOS/c1-12-6-7-14(8-13(12)2)9-16(19)11-20-17-5-3-4-15(18)10-17/h3-8,10,16,19H,9,11H2,1-2H3. The van der Waals surface area contributed by atoms with Crippen LogP contribution in [-0.2, 0) is 6.42 Å². The second-order valence-electron chi connectivity index (χ2n) is 5.04. The molecule has 106 valence electrons. The average Bonchev–Trinajstić information content (AvgIpc) is 2.41. The molecule has 0 aliphatic rings. The van der Waals surface area contributed by atoms with Gasteiger partial charge in [-0.05, 0) is 55.2 Å². The van der Waals surface area contributed by atoms with Crippen LogP contribution >= 0.6 is 23.4 Å². The summed E-state index contributed by atoms with van der Waals surface area (Å²) in [7, 11) is 0. The number of thioether (sulfide) groups is 1. The van der Waals surface area contributed by atoms with Crippen LogP contribution in [0.4, 0.5) is 0 Å². The Morgan fingerprint density at radius 3 is 2.60 bits per heavy atom. The third kappa shape index (κ3) is 4.55. The molecule has 3 heteroatoms. The first-order valence-electron chi connectivity index (χ1n) is 6.67. The Hall–Kier alpha value is -0.960. The summed E-state index contributed by atoms with van der Waals surface area (Å²) in [6, 6.07) is 14.1. The summed E-state index contributed by atoms with van der Waals surface area (Å²) in [6.45, 7) is 4.20. The second kappa shape index (κ2) is 7.16. The summed E-state index contributed by atoms with van der Waals surface area (Å²) in [4.78, 5) is 1.09. The Morgan fingerprint density at radius 1 is 1.10 bits per heavy atom. The number of halogens is 1. The minimum Gasteiger partial charge on any atom is -0.392 e. The number of aryl methyl sites for hydroxylation is 2. The number of rotatable bonds is 5. The molecule has 2 aromatic rings. The van der Waals surface area contributed by atoms with Crippen molar-refractivity contribution < 1.29 is 5.11 Å². The molecule has 0 heterocycles. The summed E-state index contributed by atoms with van der Waals surface area (Å²) in [5.41, 5.74) is 3.75. The van der Waals surface area contributed by atoms with Crippen molar-refractivity contribution in [3.8, 4) is 0 Å². The zero-order valence-corrected chi connectivity index (χ0v) is 13.3. The van der Waals surface area contributed by atoms with Crippen LogP contribution in [-0.4, -0.2) is 17.0 Å². The predicted molar refractivity (Wildman–Crippen MR) is 87.8 cm³/mol. The van der Waals surface area contributed by atoms with Gasteiger partial charge in [0.25, 0.3) is 0 Å². The Labute approximate surface area is 130 Å². The van der Waals surface area contributed by atoms with Gasteiger partial charge in [0.15, 0.2) is 0 Å². The number of aliphatic hydroxyl groups is 1. The molecule has 0 fully saturated rings. The SMILES string of the molecule is Cc1ccc(CC(O)CSc2cccc(Cl)c2)cc1C. The van der Waals surface area contributed by atoms with E-state index >= 15 is 0 Å². The Morgan fingerprint density at radius 2 is 1.90 bits per heavy atom. The van der Waals surface area contributed by atoms with Crippen molar-refractivity contribution in [2.24, 2.45) is 0 Å². The zero-order valence-electron chi connectivity index (χ0n) is 11.8. The van der Waals surface area contributed by atoms with E-state index in [2.05, 4.69) is 32.0 Å². The molecule has 0 spiro atoms. The molecule has 0 radical (unpaired) electrons. The van der Waals surface area contributed by atoms with Crippen molar-refractivity contribution in [3.05, 3.63) is 64.2 Å². The number of hydrogen-bond acceptors (Lipinski definition) is 2. The number of aliphatic hydroxyl groups excluding tert-OH is 1. The predicted octanol–water partition coefficient (Wildman–Crippen LogP) is 4.65. The average molecular weight is 307 g/mol. The van der Waals surface area contributed by atoms with Crippen LogP contribution in [0, 0.1) is 13.8 Å². The molecule has 0 saturated carbocycles. The normalized spacial score (nSPS) is 12.4. The Balaban J connectivity index is 1.89. The topological polar surface area (TPSA) is 20.2 Å². The molecule has 1 nitrogen and oxygen atoms in total. The first-order chi connectivity index (χ1) is 9.54. The maximum absolute atomic E-state index is 10.1. The van der Waals surface area contributed by atoms with Crippen molar-refractivity contribution in [2.45, 2.75) is 31.3 Å². The molecule has 20 heavy (non-hydrogen) atoms. The molecule has 0 aliphatic carbocycles. The lowest BCUT2D eigenvalue weighted by atomic mass is 10.0. The fourth-order valence-corrected chi connectivity index (χ4v) is 3.15. The summed E-state index contributed by atoms with van der Waals surface area (Å²) in [5, 5.41) is 10.9. The highest BCUT2D eigenvalue weighted by Crippen LogP contribution is 2.23. The fraction of sp³-hybridized carbons (Fsp3) is 0.294. The van der Waals surface area contributed by atoms with E-state index < -0.39 is 0 Å². The van der Waals surface area contributed by atoms with Gasteiger partial charge in [-0.25, -0.2) is 0 Å². The van der Waals surface area contributed by atoms with Crippen molar-refractivity contribution in [1.82, 2.24) is 0 Å². The van der Waals surface area contributed by atoms with Crippen LogP contribution < -0.4 is 0 Å². The highest BCUT2D eigenvalue weighted by molar-refractivity contribution is 7.99. The molecule has 0 bridgehead atoms. The minimum absolute atomic E-state index is 0.346. The van der Waals surface area contributed by atoms with Crippen LogP contribution in [0.3, 0.4) is 0 Å². The van der Waals surface area contributed by atoms with Crippen LogP contribution in [0.1, 0.15) is 16.7 Å². The van der Waals surface area contributed by atoms with E-state index in [0.717, 1.165) is 9.92 Å². The van der Waals surface area contributed by atoms with Crippen LogP contribution in [0.25, 0.3) is 0 Å². The third-order valence-corrected chi connectivity index (χ3v) is 4.65. The molecule has 0 saturated heterocycles. The molecular formula is C17H19ClOS. The smallest absolute Gasteiger partial charge is 0.0674 e. The minimum atomic E-state index is -0.346. The highest BCUT2D eigenvalue weighted by atomic mass is 35.5. The van der Waals surface area contributed by atoms with Crippen molar-refractivity contribution in [3.63, 3.8) is 0 Å². The second-order valence-corrected chi connectivity index (χ2v) is 6.57. The summed E-state index contributed by atoms with van der Waals surface area (Å²) in [6.07, 6.45) is 0.343. The van der Waals surface area contributed by atoms with Crippen LogP contribution in [0.15, 0.2) is 47.4 Å². The Kier molecular flexibility index (Phi) is 5.53. The molecule has 2 aromatic carbocycles. The van der Waals surface area contributed by atoms with Crippen molar-refractivity contribution in [2.75, 3.05) is 5.75 Å². The van der Waals surface area contributed by atoms with Gasteiger partial charge in [0.05, 0.1) is 6.10 Å². The molecule has 1 atom stereocenters. The first kappa shape index (κ1) is 15.4. The van der Waals surface area contributed by atoms with E-state index in [0.29, 0.717) is 12.2 Å².